The number of nitrogens with zero attached hydrogens (tertiary/aromatic N) is 3. The molecule has 0 aliphatic carbocycles. The van der Waals surface area contributed by atoms with Crippen LogP contribution in [0.15, 0.2) is 11.0 Å². The minimum Gasteiger partial charge on any atom is -0.336 e. The summed E-state index contributed by atoms with van der Waals surface area (Å²) < 4.78 is 28.3. The summed E-state index contributed by atoms with van der Waals surface area (Å²) in [6, 6.07) is 1.20. The van der Waals surface area contributed by atoms with Gasteiger partial charge in [-0.25, -0.2) is 13.2 Å². The summed E-state index contributed by atoms with van der Waals surface area (Å²) in [6.45, 7) is 11.7. The maximum Gasteiger partial charge on any atom is 0.324 e. The molecular weight excluding hydrogens is 392 g/mol. The molecule has 3 rings (SSSR count). The highest BCUT2D eigenvalue weighted by Gasteiger charge is 2.36. The van der Waals surface area contributed by atoms with Gasteiger partial charge in [-0.2, -0.15) is 4.31 Å². The van der Waals surface area contributed by atoms with E-state index in [4.69, 9.17) is 0 Å². The molecule has 2 fully saturated rings. The van der Waals surface area contributed by atoms with Crippen molar-refractivity contribution in [2.24, 2.45) is 0 Å². The normalized spacial score (nSPS) is 20.0. The topological polar surface area (TPSA) is 90.0 Å². The van der Waals surface area contributed by atoms with Gasteiger partial charge in [0, 0.05) is 39.3 Å². The molecule has 1 N–H and O–H groups in total. The Labute approximate surface area is 172 Å². The Bertz CT molecular complexity index is 910. The highest BCUT2D eigenvalue weighted by molar-refractivity contribution is 7.89. The average molecular weight is 423 g/mol. The highest BCUT2D eigenvalue weighted by Crippen LogP contribution is 2.29. The SMILES string of the molecule is Cc1cc(C)c(C)c(S(=O)(=O)N2CCN(C(C)C(=O)N3CCNC3=O)CC2)c1C. The Kier molecular flexibility index (Phi) is 6.03. The number of aryl methyl sites for hydroxylation is 2. The Morgan fingerprint density at radius 1 is 1.00 bits per heavy atom. The van der Waals surface area contributed by atoms with Crippen LogP contribution in [0.5, 0.6) is 0 Å². The zero-order valence-electron chi connectivity index (χ0n) is 17.8. The number of sulfonamides is 1. The summed E-state index contributed by atoms with van der Waals surface area (Å²) in [4.78, 5) is 27.9. The van der Waals surface area contributed by atoms with Crippen LogP contribution < -0.4 is 5.32 Å². The van der Waals surface area contributed by atoms with Crippen LogP contribution in [0, 0.1) is 27.7 Å². The molecule has 2 heterocycles. The minimum absolute atomic E-state index is 0.239. The van der Waals surface area contributed by atoms with E-state index < -0.39 is 16.1 Å². The van der Waals surface area contributed by atoms with Crippen LogP contribution in [0.2, 0.25) is 0 Å². The number of benzene rings is 1. The van der Waals surface area contributed by atoms with Gasteiger partial charge in [-0.3, -0.25) is 14.6 Å². The van der Waals surface area contributed by atoms with E-state index >= 15 is 0 Å². The lowest BCUT2D eigenvalue weighted by Gasteiger charge is -2.37. The summed E-state index contributed by atoms with van der Waals surface area (Å²) in [7, 11) is -3.61. The molecule has 0 aromatic heterocycles. The first kappa shape index (κ1) is 21.7. The van der Waals surface area contributed by atoms with E-state index in [2.05, 4.69) is 5.32 Å². The van der Waals surface area contributed by atoms with Gasteiger partial charge < -0.3 is 5.32 Å². The number of rotatable bonds is 4. The van der Waals surface area contributed by atoms with Crippen molar-refractivity contribution in [1.82, 2.24) is 19.4 Å². The third-order valence-electron chi connectivity index (χ3n) is 6.20. The van der Waals surface area contributed by atoms with E-state index in [-0.39, 0.29) is 11.9 Å². The predicted octanol–water partition coefficient (Wildman–Crippen LogP) is 1.17. The van der Waals surface area contributed by atoms with E-state index in [9.17, 15) is 18.0 Å². The molecule has 29 heavy (non-hydrogen) atoms. The summed E-state index contributed by atoms with van der Waals surface area (Å²) >= 11 is 0. The molecule has 2 aliphatic heterocycles. The van der Waals surface area contributed by atoms with Crippen LogP contribution in [0.1, 0.15) is 29.2 Å². The average Bonchev–Trinajstić information content (AvgIpc) is 3.11. The molecule has 0 bridgehead atoms. The number of imide groups is 1. The van der Waals surface area contributed by atoms with Crippen LogP contribution in [0.3, 0.4) is 0 Å². The molecule has 2 aliphatic rings. The number of hydrogen-bond acceptors (Lipinski definition) is 5. The van der Waals surface area contributed by atoms with Gasteiger partial charge in [-0.05, 0) is 56.9 Å². The number of urea groups is 1. The quantitative estimate of drug-likeness (QED) is 0.787. The van der Waals surface area contributed by atoms with Crippen molar-refractivity contribution in [2.45, 2.75) is 45.6 Å². The fourth-order valence-electron chi connectivity index (χ4n) is 4.09. The lowest BCUT2D eigenvalue weighted by atomic mass is 10.0. The Morgan fingerprint density at radius 2 is 1.55 bits per heavy atom. The summed E-state index contributed by atoms with van der Waals surface area (Å²) in [5, 5.41) is 2.63. The molecular formula is C20H30N4O4S. The number of hydrogen-bond donors (Lipinski definition) is 1. The molecule has 1 unspecified atom stereocenters. The number of amides is 3. The molecule has 8 nitrogen and oxygen atoms in total. The molecule has 0 spiro atoms. The summed E-state index contributed by atoms with van der Waals surface area (Å²) in [5.41, 5.74) is 3.51. The number of carbonyl (C=O) groups is 2. The van der Waals surface area contributed by atoms with Crippen molar-refractivity contribution >= 4 is 22.0 Å². The van der Waals surface area contributed by atoms with Crippen molar-refractivity contribution < 1.29 is 18.0 Å². The molecule has 9 heteroatoms. The predicted molar refractivity (Wildman–Crippen MR) is 110 cm³/mol. The highest BCUT2D eigenvalue weighted by atomic mass is 32.2. The maximum absolute atomic E-state index is 13.4. The first-order valence-corrected chi connectivity index (χ1v) is 11.4. The van der Waals surface area contributed by atoms with E-state index in [1.807, 2.05) is 38.7 Å². The van der Waals surface area contributed by atoms with Crippen molar-refractivity contribution in [2.75, 3.05) is 39.3 Å². The van der Waals surface area contributed by atoms with Crippen LogP contribution in [0.4, 0.5) is 4.79 Å². The van der Waals surface area contributed by atoms with Gasteiger partial charge in [0.1, 0.15) is 0 Å². The van der Waals surface area contributed by atoms with Crippen LogP contribution in [-0.4, -0.2) is 79.8 Å². The summed E-state index contributed by atoms with van der Waals surface area (Å²) in [5.74, 6) is -0.239. The first-order valence-electron chi connectivity index (χ1n) is 9.96. The van der Waals surface area contributed by atoms with E-state index in [0.717, 1.165) is 22.3 Å². The van der Waals surface area contributed by atoms with Gasteiger partial charge in [0.15, 0.2) is 0 Å². The van der Waals surface area contributed by atoms with Crippen LogP contribution in [-0.2, 0) is 14.8 Å². The summed E-state index contributed by atoms with van der Waals surface area (Å²) in [6.07, 6.45) is 0. The van der Waals surface area contributed by atoms with E-state index in [0.29, 0.717) is 44.2 Å². The van der Waals surface area contributed by atoms with Crippen molar-refractivity contribution in [1.29, 1.82) is 0 Å². The monoisotopic (exact) mass is 422 g/mol. The van der Waals surface area contributed by atoms with Crippen LogP contribution in [0.25, 0.3) is 0 Å². The van der Waals surface area contributed by atoms with Gasteiger partial charge in [0.05, 0.1) is 10.9 Å². The largest absolute Gasteiger partial charge is 0.336 e. The third-order valence-corrected chi connectivity index (χ3v) is 8.37. The van der Waals surface area contributed by atoms with Crippen molar-refractivity contribution in [3.8, 4) is 0 Å². The molecule has 0 saturated carbocycles. The second-order valence-electron chi connectivity index (χ2n) is 7.93. The third kappa shape index (κ3) is 3.91. The molecule has 160 valence electrons. The molecule has 3 amide bonds. The van der Waals surface area contributed by atoms with E-state index in [1.165, 1.54) is 9.21 Å². The number of nitrogens with one attached hydrogen (secondary N) is 1. The smallest absolute Gasteiger partial charge is 0.324 e. The van der Waals surface area contributed by atoms with Gasteiger partial charge >= 0.3 is 6.03 Å². The number of carbonyl (C=O) groups excluding carboxylic acids is 2. The van der Waals surface area contributed by atoms with Gasteiger partial charge in [-0.15, -0.1) is 0 Å². The minimum atomic E-state index is -3.61. The fraction of sp³-hybridized carbons (Fsp3) is 0.600. The van der Waals surface area contributed by atoms with Gasteiger partial charge in [0.25, 0.3) is 0 Å². The lowest BCUT2D eigenvalue weighted by molar-refractivity contribution is -0.133. The molecule has 1 aromatic rings. The van der Waals surface area contributed by atoms with Crippen molar-refractivity contribution in [3.05, 3.63) is 28.3 Å². The number of piperazine rings is 1. The molecule has 2 saturated heterocycles. The van der Waals surface area contributed by atoms with Gasteiger partial charge in [-0.1, -0.05) is 6.07 Å². The first-order chi connectivity index (χ1) is 13.6. The molecule has 1 atom stereocenters. The van der Waals surface area contributed by atoms with Crippen molar-refractivity contribution in [3.63, 3.8) is 0 Å². The van der Waals surface area contributed by atoms with E-state index in [1.54, 1.807) is 6.92 Å². The Balaban J connectivity index is 1.74. The second-order valence-corrected chi connectivity index (χ2v) is 9.80. The Morgan fingerprint density at radius 3 is 2.03 bits per heavy atom. The van der Waals surface area contributed by atoms with Gasteiger partial charge in [0.2, 0.25) is 15.9 Å². The Hall–Kier alpha value is -1.97. The zero-order chi connectivity index (χ0) is 21.5. The molecule has 1 aromatic carbocycles. The van der Waals surface area contributed by atoms with Crippen LogP contribution >= 0.6 is 0 Å². The maximum atomic E-state index is 13.4. The second kappa shape index (κ2) is 8.04. The standard InChI is InChI=1S/C20H30N4O4S/c1-13-12-14(2)16(4)18(15(13)3)29(27,28)23-10-8-22(9-11-23)17(5)19(25)24-7-6-21-20(24)26/h12,17H,6-11H2,1-5H3,(H,21,26). The lowest BCUT2D eigenvalue weighted by Crippen LogP contribution is -2.55. The molecule has 0 radical (unpaired) electrons. The zero-order valence-corrected chi connectivity index (χ0v) is 18.6. The fourth-order valence-corrected chi connectivity index (χ4v) is 6.09.